The van der Waals surface area contributed by atoms with Gasteiger partial charge in [0.1, 0.15) is 6.61 Å². The fraction of sp³-hybridized carbons (Fsp3) is 0.882. The lowest BCUT2D eigenvalue weighted by atomic mass is 9.91. The van der Waals surface area contributed by atoms with E-state index in [0.29, 0.717) is 0 Å². The molecule has 0 fully saturated rings. The number of ether oxygens (including phenoxy) is 1. The van der Waals surface area contributed by atoms with E-state index in [1.165, 1.54) is 0 Å². The summed E-state index contributed by atoms with van der Waals surface area (Å²) in [5.74, 6) is -0.207. The number of hydrogen-bond acceptors (Lipinski definition) is 3. The van der Waals surface area contributed by atoms with Gasteiger partial charge in [-0.2, -0.15) is 0 Å². The molecule has 0 aliphatic heterocycles. The number of carbonyl (C=O) groups excluding carboxylic acids is 2. The molecule has 0 aliphatic rings. The predicted octanol–water partition coefficient (Wildman–Crippen LogP) is 3.58. The molecule has 0 aromatic heterocycles. The summed E-state index contributed by atoms with van der Waals surface area (Å²) in [5, 5.41) is 2.97. The Labute approximate surface area is 135 Å². The van der Waals surface area contributed by atoms with Crippen LogP contribution in [0.25, 0.3) is 0 Å². The summed E-state index contributed by atoms with van der Waals surface area (Å²) in [4.78, 5) is 26.1. The van der Waals surface area contributed by atoms with Crippen LogP contribution in [0.2, 0.25) is 0 Å². The van der Waals surface area contributed by atoms with E-state index in [1.54, 1.807) is 0 Å². The quantitative estimate of drug-likeness (QED) is 0.627. The molecule has 0 spiro atoms. The Hall–Kier alpha value is -1.26. The number of hydrogen-bond donors (Lipinski definition) is 1. The van der Waals surface area contributed by atoms with Crippen LogP contribution in [0.1, 0.15) is 67.2 Å². The van der Waals surface area contributed by atoms with Crippen LogP contribution in [0, 0.1) is 5.41 Å². The van der Waals surface area contributed by atoms with Crippen LogP contribution in [0.3, 0.4) is 0 Å². The normalized spacial score (nSPS) is 12.6. The summed E-state index contributed by atoms with van der Waals surface area (Å²) in [6.07, 6.45) is 3.33. The van der Waals surface area contributed by atoms with Crippen LogP contribution in [-0.2, 0) is 9.53 Å². The Morgan fingerprint density at radius 3 is 2.05 bits per heavy atom. The summed E-state index contributed by atoms with van der Waals surface area (Å²) in [6, 6.07) is -0.207. The summed E-state index contributed by atoms with van der Waals surface area (Å²) in [6.45, 7) is 13.5. The van der Waals surface area contributed by atoms with E-state index in [1.807, 2.05) is 32.6 Å². The molecule has 0 aromatic rings. The van der Waals surface area contributed by atoms with Crippen molar-refractivity contribution in [2.24, 2.45) is 5.41 Å². The van der Waals surface area contributed by atoms with Gasteiger partial charge in [-0.1, -0.05) is 27.7 Å². The third-order valence-electron chi connectivity index (χ3n) is 3.95. The summed E-state index contributed by atoms with van der Waals surface area (Å²) in [7, 11) is 0. The SMILES string of the molecule is CCCN(CCC)C(=O)NC(CC)COC(=O)C(C)(C)CC. The molecule has 0 bridgehead atoms. The van der Waals surface area contributed by atoms with Gasteiger partial charge in [-0.3, -0.25) is 4.79 Å². The van der Waals surface area contributed by atoms with Gasteiger partial charge in [0, 0.05) is 13.1 Å². The Morgan fingerprint density at radius 1 is 1.09 bits per heavy atom. The van der Waals surface area contributed by atoms with Gasteiger partial charge in [0.2, 0.25) is 0 Å². The van der Waals surface area contributed by atoms with E-state index in [9.17, 15) is 9.59 Å². The van der Waals surface area contributed by atoms with Crippen LogP contribution in [0.15, 0.2) is 0 Å². The molecule has 0 heterocycles. The van der Waals surface area contributed by atoms with Crippen molar-refractivity contribution in [3.8, 4) is 0 Å². The van der Waals surface area contributed by atoms with Crippen molar-refractivity contribution in [2.75, 3.05) is 19.7 Å². The Kier molecular flexibility index (Phi) is 9.86. The summed E-state index contributed by atoms with van der Waals surface area (Å²) >= 11 is 0. The zero-order valence-electron chi connectivity index (χ0n) is 15.2. The number of nitrogens with one attached hydrogen (secondary N) is 1. The molecule has 2 amide bonds. The first-order valence-electron chi connectivity index (χ1n) is 8.54. The van der Waals surface area contributed by atoms with Crippen molar-refractivity contribution in [3.63, 3.8) is 0 Å². The van der Waals surface area contributed by atoms with Gasteiger partial charge in [-0.25, -0.2) is 4.79 Å². The van der Waals surface area contributed by atoms with Crippen molar-refractivity contribution in [1.29, 1.82) is 0 Å². The number of carbonyl (C=O) groups is 2. The molecule has 22 heavy (non-hydrogen) atoms. The van der Waals surface area contributed by atoms with Crippen molar-refractivity contribution < 1.29 is 14.3 Å². The molecule has 5 nitrogen and oxygen atoms in total. The molecule has 1 unspecified atom stereocenters. The molecule has 1 atom stereocenters. The van der Waals surface area contributed by atoms with E-state index in [0.717, 1.165) is 38.8 Å². The van der Waals surface area contributed by atoms with E-state index < -0.39 is 5.41 Å². The van der Waals surface area contributed by atoms with Gasteiger partial charge < -0.3 is 15.0 Å². The zero-order valence-corrected chi connectivity index (χ0v) is 15.2. The first kappa shape index (κ1) is 20.7. The van der Waals surface area contributed by atoms with Gasteiger partial charge in [0.15, 0.2) is 0 Å². The molecule has 5 heteroatoms. The fourth-order valence-electron chi connectivity index (χ4n) is 1.90. The highest BCUT2D eigenvalue weighted by atomic mass is 16.5. The third kappa shape index (κ3) is 7.14. The number of rotatable bonds is 10. The lowest BCUT2D eigenvalue weighted by Crippen LogP contribution is -2.47. The van der Waals surface area contributed by atoms with Crippen LogP contribution < -0.4 is 5.32 Å². The second kappa shape index (κ2) is 10.5. The Balaban J connectivity index is 4.47. The highest BCUT2D eigenvalue weighted by Gasteiger charge is 2.28. The minimum atomic E-state index is -0.473. The maximum Gasteiger partial charge on any atom is 0.317 e. The smallest absolute Gasteiger partial charge is 0.317 e. The van der Waals surface area contributed by atoms with E-state index in [4.69, 9.17) is 4.74 Å². The zero-order chi connectivity index (χ0) is 17.2. The summed E-state index contributed by atoms with van der Waals surface area (Å²) in [5.41, 5.74) is -0.473. The second-order valence-electron chi connectivity index (χ2n) is 6.38. The first-order valence-corrected chi connectivity index (χ1v) is 8.54. The average molecular weight is 314 g/mol. The monoisotopic (exact) mass is 314 g/mol. The molecular formula is C17H34N2O3. The molecular weight excluding hydrogens is 280 g/mol. The van der Waals surface area contributed by atoms with Crippen molar-refractivity contribution in [3.05, 3.63) is 0 Å². The minimum absolute atomic E-state index is 0.0682. The summed E-state index contributed by atoms with van der Waals surface area (Å²) < 4.78 is 5.38. The number of amides is 2. The lowest BCUT2D eigenvalue weighted by molar-refractivity contribution is -0.154. The molecule has 0 saturated carbocycles. The molecule has 130 valence electrons. The Morgan fingerprint density at radius 2 is 1.64 bits per heavy atom. The third-order valence-corrected chi connectivity index (χ3v) is 3.95. The van der Waals surface area contributed by atoms with Crippen molar-refractivity contribution in [2.45, 2.75) is 73.3 Å². The second-order valence-corrected chi connectivity index (χ2v) is 6.38. The van der Waals surface area contributed by atoms with Crippen molar-refractivity contribution >= 4 is 12.0 Å². The number of nitrogens with zero attached hydrogens (tertiary/aromatic N) is 1. The molecule has 0 saturated heterocycles. The predicted molar refractivity (Wildman–Crippen MR) is 89.8 cm³/mol. The number of urea groups is 1. The van der Waals surface area contributed by atoms with Gasteiger partial charge in [0.05, 0.1) is 11.5 Å². The maximum absolute atomic E-state index is 12.3. The van der Waals surface area contributed by atoms with Crippen LogP contribution in [0.4, 0.5) is 4.79 Å². The van der Waals surface area contributed by atoms with E-state index in [-0.39, 0.29) is 24.6 Å². The molecule has 0 aliphatic carbocycles. The molecule has 0 rings (SSSR count). The fourth-order valence-corrected chi connectivity index (χ4v) is 1.90. The average Bonchev–Trinajstić information content (AvgIpc) is 2.50. The lowest BCUT2D eigenvalue weighted by Gasteiger charge is -2.26. The minimum Gasteiger partial charge on any atom is -0.463 e. The van der Waals surface area contributed by atoms with Crippen molar-refractivity contribution in [1.82, 2.24) is 10.2 Å². The van der Waals surface area contributed by atoms with Gasteiger partial charge >= 0.3 is 12.0 Å². The highest BCUT2D eigenvalue weighted by Crippen LogP contribution is 2.21. The van der Waals surface area contributed by atoms with Crippen LogP contribution >= 0.6 is 0 Å². The molecule has 1 N–H and O–H groups in total. The first-order chi connectivity index (χ1) is 10.3. The highest BCUT2D eigenvalue weighted by molar-refractivity contribution is 5.76. The van der Waals surface area contributed by atoms with Gasteiger partial charge in [-0.15, -0.1) is 0 Å². The molecule has 0 aromatic carbocycles. The van der Waals surface area contributed by atoms with E-state index in [2.05, 4.69) is 19.2 Å². The van der Waals surface area contributed by atoms with Gasteiger partial charge in [-0.05, 0) is 39.5 Å². The van der Waals surface area contributed by atoms with E-state index >= 15 is 0 Å². The standard InChI is InChI=1S/C17H34N2O3/c1-7-11-19(12-8-2)16(21)18-14(9-3)13-22-15(20)17(5,6)10-4/h14H,7-13H2,1-6H3,(H,18,21). The van der Waals surface area contributed by atoms with Crippen LogP contribution in [-0.4, -0.2) is 42.6 Å². The topological polar surface area (TPSA) is 58.6 Å². The molecule has 0 radical (unpaired) electrons. The largest absolute Gasteiger partial charge is 0.463 e. The van der Waals surface area contributed by atoms with Crippen LogP contribution in [0.5, 0.6) is 0 Å². The van der Waals surface area contributed by atoms with Gasteiger partial charge in [0.25, 0.3) is 0 Å². The maximum atomic E-state index is 12.3. The Bertz CT molecular complexity index is 337. The number of esters is 1.